The molecule has 2 heteroatoms. The summed E-state index contributed by atoms with van der Waals surface area (Å²) in [6, 6.07) is 10.0. The van der Waals surface area contributed by atoms with Crippen molar-refractivity contribution in [3.05, 3.63) is 47.8 Å². The van der Waals surface area contributed by atoms with Gasteiger partial charge in [-0.2, -0.15) is 5.26 Å². The standard InChI is InChI=1S/C13H10N2/c1-10-12(7-4-8-14)13-6-3-2-5-11(13)9-15-10/h2-7,9H,1H3/b7-4+. The highest BCUT2D eigenvalue weighted by Crippen LogP contribution is 2.21. The molecule has 2 rings (SSSR count). The fourth-order valence-corrected chi connectivity index (χ4v) is 1.62. The second kappa shape index (κ2) is 3.93. The van der Waals surface area contributed by atoms with Gasteiger partial charge in [-0.1, -0.05) is 24.3 Å². The van der Waals surface area contributed by atoms with Crippen molar-refractivity contribution in [3.8, 4) is 6.07 Å². The Morgan fingerprint density at radius 3 is 2.93 bits per heavy atom. The molecule has 0 aliphatic carbocycles. The summed E-state index contributed by atoms with van der Waals surface area (Å²) in [5.74, 6) is 0. The lowest BCUT2D eigenvalue weighted by molar-refractivity contribution is 1.21. The van der Waals surface area contributed by atoms with Gasteiger partial charge in [0.25, 0.3) is 0 Å². The molecule has 1 heterocycles. The number of nitriles is 1. The van der Waals surface area contributed by atoms with E-state index in [-0.39, 0.29) is 0 Å². The van der Waals surface area contributed by atoms with Crippen molar-refractivity contribution in [2.75, 3.05) is 0 Å². The number of benzene rings is 1. The molecule has 0 radical (unpaired) electrons. The molecule has 0 spiro atoms. The summed E-state index contributed by atoms with van der Waals surface area (Å²) in [4.78, 5) is 4.30. The molecule has 1 aromatic carbocycles. The molecule has 0 amide bonds. The molecule has 2 aromatic rings. The minimum absolute atomic E-state index is 0.945. The number of pyridine rings is 1. The summed E-state index contributed by atoms with van der Waals surface area (Å²) in [5, 5.41) is 10.8. The third-order valence-corrected chi connectivity index (χ3v) is 2.36. The number of aryl methyl sites for hydroxylation is 1. The van der Waals surface area contributed by atoms with Crippen molar-refractivity contribution in [2.24, 2.45) is 0 Å². The highest BCUT2D eigenvalue weighted by atomic mass is 14.7. The number of nitrogens with zero attached hydrogens (tertiary/aromatic N) is 2. The summed E-state index contributed by atoms with van der Waals surface area (Å²) in [6.45, 7) is 1.95. The molecular formula is C13H10N2. The molecule has 72 valence electrons. The van der Waals surface area contributed by atoms with Crippen molar-refractivity contribution in [2.45, 2.75) is 6.92 Å². The lowest BCUT2D eigenvalue weighted by Gasteiger charge is -2.04. The van der Waals surface area contributed by atoms with Crippen molar-refractivity contribution in [1.82, 2.24) is 4.98 Å². The van der Waals surface area contributed by atoms with Crippen LogP contribution in [-0.4, -0.2) is 4.98 Å². The molecule has 15 heavy (non-hydrogen) atoms. The van der Waals surface area contributed by atoms with E-state index in [1.54, 1.807) is 0 Å². The number of fused-ring (bicyclic) bond motifs is 1. The van der Waals surface area contributed by atoms with Gasteiger partial charge >= 0.3 is 0 Å². The smallest absolute Gasteiger partial charge is 0.0912 e. The van der Waals surface area contributed by atoms with Crippen LogP contribution in [0.1, 0.15) is 11.3 Å². The fraction of sp³-hybridized carbons (Fsp3) is 0.0769. The highest BCUT2D eigenvalue weighted by Gasteiger charge is 2.01. The Morgan fingerprint density at radius 2 is 2.13 bits per heavy atom. The van der Waals surface area contributed by atoms with Gasteiger partial charge in [0.2, 0.25) is 0 Å². The van der Waals surface area contributed by atoms with Gasteiger partial charge in [0.05, 0.1) is 6.07 Å². The Kier molecular flexibility index (Phi) is 2.47. The van der Waals surface area contributed by atoms with Crippen molar-refractivity contribution < 1.29 is 0 Å². The van der Waals surface area contributed by atoms with E-state index in [0.717, 1.165) is 22.0 Å². The molecule has 0 fully saturated rings. The van der Waals surface area contributed by atoms with Crippen LogP contribution in [-0.2, 0) is 0 Å². The van der Waals surface area contributed by atoms with E-state index >= 15 is 0 Å². The molecule has 0 aliphatic heterocycles. The third kappa shape index (κ3) is 1.72. The van der Waals surface area contributed by atoms with Gasteiger partial charge < -0.3 is 0 Å². The number of aromatic nitrogens is 1. The predicted molar refractivity (Wildman–Crippen MR) is 61.1 cm³/mol. The van der Waals surface area contributed by atoms with Crippen LogP contribution in [0, 0.1) is 18.3 Å². The van der Waals surface area contributed by atoms with E-state index in [2.05, 4.69) is 4.98 Å². The van der Waals surface area contributed by atoms with Crippen LogP contribution in [0.25, 0.3) is 16.8 Å². The molecule has 0 bridgehead atoms. The van der Waals surface area contributed by atoms with Gasteiger partial charge in [-0.3, -0.25) is 4.98 Å². The van der Waals surface area contributed by atoms with Crippen LogP contribution in [0.2, 0.25) is 0 Å². The SMILES string of the molecule is Cc1ncc2ccccc2c1/C=C/C#N. The van der Waals surface area contributed by atoms with Gasteiger partial charge in [-0.05, 0) is 18.4 Å². The third-order valence-electron chi connectivity index (χ3n) is 2.36. The molecule has 0 unspecified atom stereocenters. The van der Waals surface area contributed by atoms with E-state index in [1.165, 1.54) is 6.08 Å². The number of hydrogen-bond donors (Lipinski definition) is 0. The summed E-state index contributed by atoms with van der Waals surface area (Å²) in [5.41, 5.74) is 1.97. The molecule has 0 N–H and O–H groups in total. The maximum Gasteiger partial charge on any atom is 0.0912 e. The first-order valence-electron chi connectivity index (χ1n) is 4.73. The van der Waals surface area contributed by atoms with E-state index in [0.29, 0.717) is 0 Å². The maximum absolute atomic E-state index is 8.53. The van der Waals surface area contributed by atoms with Crippen LogP contribution in [0.3, 0.4) is 0 Å². The van der Waals surface area contributed by atoms with Crippen molar-refractivity contribution in [3.63, 3.8) is 0 Å². The Morgan fingerprint density at radius 1 is 1.33 bits per heavy atom. The minimum Gasteiger partial charge on any atom is -0.260 e. The Balaban J connectivity index is 2.75. The first kappa shape index (κ1) is 9.42. The van der Waals surface area contributed by atoms with Crippen LogP contribution < -0.4 is 0 Å². The van der Waals surface area contributed by atoms with Gasteiger partial charge in [-0.25, -0.2) is 0 Å². The normalized spacial score (nSPS) is 10.7. The second-order valence-corrected chi connectivity index (χ2v) is 3.31. The number of rotatable bonds is 1. The fourth-order valence-electron chi connectivity index (χ4n) is 1.62. The molecular weight excluding hydrogens is 184 g/mol. The zero-order valence-electron chi connectivity index (χ0n) is 8.44. The Hall–Kier alpha value is -2.14. The van der Waals surface area contributed by atoms with Gasteiger partial charge in [0.15, 0.2) is 0 Å². The maximum atomic E-state index is 8.53. The van der Waals surface area contributed by atoms with Gasteiger partial charge in [0, 0.05) is 28.9 Å². The lowest BCUT2D eigenvalue weighted by atomic mass is 10.0. The average Bonchev–Trinajstić information content (AvgIpc) is 2.28. The summed E-state index contributed by atoms with van der Waals surface area (Å²) < 4.78 is 0. The largest absolute Gasteiger partial charge is 0.260 e. The monoisotopic (exact) mass is 194 g/mol. The van der Waals surface area contributed by atoms with E-state index < -0.39 is 0 Å². The summed E-state index contributed by atoms with van der Waals surface area (Å²) in [6.07, 6.45) is 5.15. The van der Waals surface area contributed by atoms with Crippen molar-refractivity contribution >= 4 is 16.8 Å². The average molecular weight is 194 g/mol. The second-order valence-electron chi connectivity index (χ2n) is 3.31. The zero-order chi connectivity index (χ0) is 10.7. The number of hydrogen-bond acceptors (Lipinski definition) is 2. The highest BCUT2D eigenvalue weighted by molar-refractivity contribution is 5.90. The molecule has 0 aliphatic rings. The first-order chi connectivity index (χ1) is 7.33. The van der Waals surface area contributed by atoms with Crippen LogP contribution >= 0.6 is 0 Å². The summed E-state index contributed by atoms with van der Waals surface area (Å²) >= 11 is 0. The van der Waals surface area contributed by atoms with E-state index in [4.69, 9.17) is 5.26 Å². The van der Waals surface area contributed by atoms with Crippen LogP contribution in [0.4, 0.5) is 0 Å². The zero-order valence-corrected chi connectivity index (χ0v) is 8.44. The molecule has 0 atom stereocenters. The molecule has 2 nitrogen and oxygen atoms in total. The Bertz CT molecular complexity index is 562. The topological polar surface area (TPSA) is 36.7 Å². The predicted octanol–water partition coefficient (Wildman–Crippen LogP) is 3.08. The minimum atomic E-state index is 0.945. The van der Waals surface area contributed by atoms with Gasteiger partial charge in [-0.15, -0.1) is 0 Å². The van der Waals surface area contributed by atoms with E-state index in [1.807, 2.05) is 49.5 Å². The van der Waals surface area contributed by atoms with Crippen LogP contribution in [0.15, 0.2) is 36.5 Å². The molecule has 1 aromatic heterocycles. The summed E-state index contributed by atoms with van der Waals surface area (Å²) in [7, 11) is 0. The lowest BCUT2D eigenvalue weighted by Crippen LogP contribution is -1.88. The quantitative estimate of drug-likeness (QED) is 0.654. The number of allylic oxidation sites excluding steroid dienone is 1. The van der Waals surface area contributed by atoms with Crippen molar-refractivity contribution in [1.29, 1.82) is 5.26 Å². The molecule has 0 saturated carbocycles. The first-order valence-corrected chi connectivity index (χ1v) is 4.73. The van der Waals surface area contributed by atoms with Crippen LogP contribution in [0.5, 0.6) is 0 Å². The molecule has 0 saturated heterocycles. The van der Waals surface area contributed by atoms with E-state index in [9.17, 15) is 0 Å². The Labute approximate surface area is 88.5 Å². The van der Waals surface area contributed by atoms with Gasteiger partial charge in [0.1, 0.15) is 0 Å².